The van der Waals surface area contributed by atoms with Gasteiger partial charge in [-0.15, -0.1) is 0 Å². The molecule has 14 heavy (non-hydrogen) atoms. The zero-order chi connectivity index (χ0) is 10.4. The van der Waals surface area contributed by atoms with E-state index in [4.69, 9.17) is 16.3 Å². The Kier molecular flexibility index (Phi) is 5.22. The van der Waals surface area contributed by atoms with Crippen LogP contribution >= 0.6 is 23.1 Å². The predicted molar refractivity (Wildman–Crippen MR) is 60.3 cm³/mol. The van der Waals surface area contributed by atoms with Crippen LogP contribution in [0.1, 0.15) is 24.6 Å². The van der Waals surface area contributed by atoms with Crippen LogP contribution in [0.25, 0.3) is 0 Å². The van der Waals surface area contributed by atoms with Crippen LogP contribution in [0.3, 0.4) is 0 Å². The molecule has 1 rings (SSSR count). The Morgan fingerprint density at radius 2 is 2.36 bits per heavy atom. The van der Waals surface area contributed by atoms with Crippen molar-refractivity contribution in [3.63, 3.8) is 0 Å². The molecule has 1 heterocycles. The minimum atomic E-state index is 0.531. The number of methoxy groups -OCH3 is 1. The quantitative estimate of drug-likeness (QED) is 0.769. The van der Waals surface area contributed by atoms with Crippen molar-refractivity contribution in [3.05, 3.63) is 9.90 Å². The van der Waals surface area contributed by atoms with Crippen LogP contribution in [0.15, 0.2) is 0 Å². The third-order valence-corrected chi connectivity index (χ3v) is 3.19. The van der Waals surface area contributed by atoms with Crippen molar-refractivity contribution in [1.29, 1.82) is 0 Å². The average molecular weight is 235 g/mol. The van der Waals surface area contributed by atoms with Gasteiger partial charge in [0.05, 0.1) is 12.0 Å². The molecular weight excluding hydrogens is 220 g/mol. The van der Waals surface area contributed by atoms with Crippen molar-refractivity contribution < 1.29 is 4.74 Å². The first-order chi connectivity index (χ1) is 6.79. The minimum absolute atomic E-state index is 0.531. The lowest BCUT2D eigenvalue weighted by Gasteiger charge is -2.01. The van der Waals surface area contributed by atoms with Crippen LogP contribution in [0.4, 0.5) is 0 Å². The molecule has 0 aliphatic rings. The summed E-state index contributed by atoms with van der Waals surface area (Å²) in [4.78, 5) is 1.04. The topological polar surface area (TPSA) is 34.2 Å². The maximum absolute atomic E-state index is 6.02. The molecule has 0 unspecified atom stereocenters. The van der Waals surface area contributed by atoms with Gasteiger partial charge in [0, 0.05) is 6.54 Å². The van der Waals surface area contributed by atoms with Crippen molar-refractivity contribution >= 4 is 23.1 Å². The Hall–Kier alpha value is -0.320. The molecule has 0 amide bonds. The number of aromatic nitrogens is 1. The number of hydrogen-bond donors (Lipinski definition) is 1. The SMILES string of the molecule is CCCCNCc1snc(OC)c1Cl. The summed E-state index contributed by atoms with van der Waals surface area (Å²) in [5.41, 5.74) is 0. The molecule has 0 atom stereocenters. The standard InChI is InChI=1S/C9H15ClN2OS/c1-3-4-5-11-6-7-8(10)9(13-2)12-14-7/h11H,3-6H2,1-2H3. The molecule has 1 aromatic rings. The largest absolute Gasteiger partial charge is 0.479 e. The van der Waals surface area contributed by atoms with Gasteiger partial charge in [0.15, 0.2) is 0 Å². The Bertz CT molecular complexity index is 278. The molecule has 1 N–H and O–H groups in total. The first-order valence-corrected chi connectivity index (χ1v) is 5.83. The van der Waals surface area contributed by atoms with E-state index in [0.717, 1.165) is 18.0 Å². The zero-order valence-electron chi connectivity index (χ0n) is 8.47. The second-order valence-electron chi connectivity index (χ2n) is 2.96. The number of ether oxygens (including phenoxy) is 1. The first-order valence-electron chi connectivity index (χ1n) is 4.68. The van der Waals surface area contributed by atoms with E-state index in [1.54, 1.807) is 7.11 Å². The van der Waals surface area contributed by atoms with Gasteiger partial charge in [0.1, 0.15) is 5.02 Å². The van der Waals surface area contributed by atoms with E-state index in [2.05, 4.69) is 16.6 Å². The van der Waals surface area contributed by atoms with Crippen LogP contribution in [0, 0.1) is 0 Å². The van der Waals surface area contributed by atoms with E-state index in [1.165, 1.54) is 24.4 Å². The summed E-state index contributed by atoms with van der Waals surface area (Å²) in [6, 6.07) is 0. The maximum atomic E-state index is 6.02. The highest BCUT2D eigenvalue weighted by Gasteiger charge is 2.10. The van der Waals surface area contributed by atoms with E-state index < -0.39 is 0 Å². The van der Waals surface area contributed by atoms with Gasteiger partial charge in [0.2, 0.25) is 5.88 Å². The van der Waals surface area contributed by atoms with Gasteiger partial charge >= 0.3 is 0 Å². The van der Waals surface area contributed by atoms with Gasteiger partial charge in [-0.05, 0) is 24.5 Å². The Morgan fingerprint density at radius 1 is 1.57 bits per heavy atom. The summed E-state index contributed by atoms with van der Waals surface area (Å²) >= 11 is 7.41. The van der Waals surface area contributed by atoms with Gasteiger partial charge in [-0.3, -0.25) is 0 Å². The summed E-state index contributed by atoms with van der Waals surface area (Å²) in [6.07, 6.45) is 2.39. The van der Waals surface area contributed by atoms with Gasteiger partial charge in [-0.25, -0.2) is 0 Å². The normalized spacial score (nSPS) is 10.5. The number of hydrogen-bond acceptors (Lipinski definition) is 4. The first kappa shape index (κ1) is 11.8. The third kappa shape index (κ3) is 3.12. The molecule has 0 bridgehead atoms. The van der Waals surface area contributed by atoms with Gasteiger partial charge in [0.25, 0.3) is 0 Å². The molecule has 0 spiro atoms. The molecule has 80 valence electrons. The number of nitrogens with one attached hydrogen (secondary N) is 1. The Labute approximate surface area is 93.6 Å². The Morgan fingerprint density at radius 3 is 2.93 bits per heavy atom. The van der Waals surface area contributed by atoms with Crippen molar-refractivity contribution in [1.82, 2.24) is 9.69 Å². The van der Waals surface area contributed by atoms with Gasteiger partial charge in [-0.2, -0.15) is 4.37 Å². The van der Waals surface area contributed by atoms with Crippen molar-refractivity contribution in [2.24, 2.45) is 0 Å². The van der Waals surface area contributed by atoms with Crippen LogP contribution < -0.4 is 10.1 Å². The van der Waals surface area contributed by atoms with E-state index >= 15 is 0 Å². The number of nitrogens with zero attached hydrogens (tertiary/aromatic N) is 1. The maximum Gasteiger partial charge on any atom is 0.244 e. The highest BCUT2D eigenvalue weighted by molar-refractivity contribution is 7.06. The summed E-state index contributed by atoms with van der Waals surface area (Å²) in [7, 11) is 1.58. The second-order valence-corrected chi connectivity index (χ2v) is 4.20. The van der Waals surface area contributed by atoms with Gasteiger partial charge in [-0.1, -0.05) is 24.9 Å². The molecule has 0 saturated carbocycles. The molecule has 3 nitrogen and oxygen atoms in total. The fraction of sp³-hybridized carbons (Fsp3) is 0.667. The lowest BCUT2D eigenvalue weighted by Crippen LogP contribution is -2.13. The molecule has 1 aromatic heterocycles. The van der Waals surface area contributed by atoms with Gasteiger partial charge < -0.3 is 10.1 Å². The lowest BCUT2D eigenvalue weighted by molar-refractivity contribution is 0.402. The molecule has 0 radical (unpaired) electrons. The molecule has 5 heteroatoms. The fourth-order valence-corrected chi connectivity index (χ4v) is 2.07. The number of halogens is 1. The van der Waals surface area contributed by atoms with E-state index in [1.807, 2.05) is 0 Å². The van der Waals surface area contributed by atoms with Crippen molar-refractivity contribution in [2.75, 3.05) is 13.7 Å². The smallest absolute Gasteiger partial charge is 0.244 e. The molecule has 0 aliphatic carbocycles. The molecule has 0 aromatic carbocycles. The molecule has 0 fully saturated rings. The van der Waals surface area contributed by atoms with Crippen LogP contribution in [-0.2, 0) is 6.54 Å². The summed E-state index contributed by atoms with van der Waals surface area (Å²) in [5, 5.41) is 3.95. The van der Waals surface area contributed by atoms with E-state index in [-0.39, 0.29) is 0 Å². The number of rotatable bonds is 6. The van der Waals surface area contributed by atoms with Crippen LogP contribution in [0.2, 0.25) is 5.02 Å². The van der Waals surface area contributed by atoms with Crippen molar-refractivity contribution in [3.8, 4) is 5.88 Å². The molecule has 0 saturated heterocycles. The van der Waals surface area contributed by atoms with E-state index in [9.17, 15) is 0 Å². The fourth-order valence-electron chi connectivity index (χ4n) is 1.04. The lowest BCUT2D eigenvalue weighted by atomic mass is 10.3. The predicted octanol–water partition coefficient (Wildman–Crippen LogP) is 2.69. The average Bonchev–Trinajstić information content (AvgIpc) is 2.55. The highest BCUT2D eigenvalue weighted by atomic mass is 35.5. The summed E-state index contributed by atoms with van der Waals surface area (Å²) in [5.74, 6) is 0.531. The molecular formula is C9H15ClN2OS. The monoisotopic (exact) mass is 234 g/mol. The number of unbranched alkanes of at least 4 members (excludes halogenated alkanes) is 1. The highest BCUT2D eigenvalue weighted by Crippen LogP contribution is 2.30. The minimum Gasteiger partial charge on any atom is -0.479 e. The molecule has 0 aliphatic heterocycles. The second kappa shape index (κ2) is 6.22. The van der Waals surface area contributed by atoms with Crippen LogP contribution in [0.5, 0.6) is 5.88 Å². The third-order valence-electron chi connectivity index (χ3n) is 1.86. The van der Waals surface area contributed by atoms with Crippen LogP contribution in [-0.4, -0.2) is 18.0 Å². The van der Waals surface area contributed by atoms with E-state index in [0.29, 0.717) is 10.9 Å². The summed E-state index contributed by atoms with van der Waals surface area (Å²) in [6.45, 7) is 3.97. The Balaban J connectivity index is 2.39. The zero-order valence-corrected chi connectivity index (χ0v) is 10.0. The van der Waals surface area contributed by atoms with Crippen molar-refractivity contribution in [2.45, 2.75) is 26.3 Å². The summed E-state index contributed by atoms with van der Waals surface area (Å²) < 4.78 is 9.07.